The van der Waals surface area contributed by atoms with Crippen molar-refractivity contribution in [1.82, 2.24) is 25.2 Å². The number of ether oxygens (including phenoxy) is 6. The molecule has 70 heavy (non-hydrogen) atoms. The zero-order valence-electron chi connectivity index (χ0n) is 42.2. The Morgan fingerprint density at radius 3 is 2.31 bits per heavy atom. The van der Waals surface area contributed by atoms with E-state index in [1.807, 2.05) is 56.3 Å². The molecule has 19 heteroatoms. The van der Waals surface area contributed by atoms with Gasteiger partial charge in [0.25, 0.3) is 6.47 Å². The number of nitrogens with one attached hydrogen (secondary N) is 1. The van der Waals surface area contributed by atoms with Crippen LogP contribution in [0.2, 0.25) is 0 Å². The summed E-state index contributed by atoms with van der Waals surface area (Å²) in [5.74, 6) is -4.74. The molecule has 1 amide bonds. The molecule has 2 saturated heterocycles. The molecule has 2 aromatic heterocycles. The molecule has 1 aromatic carbocycles. The number of aliphatic hydroxyl groups excluding tert-OH is 2. The fraction of sp³-hybridized carbons (Fsp3) is 0.588. The molecule has 0 saturated carbocycles. The summed E-state index contributed by atoms with van der Waals surface area (Å²) in [5, 5.41) is 26.5. The molecule has 384 valence electrons. The normalized spacial score (nSPS) is 32.9. The molecule has 19 nitrogen and oxygen atoms in total. The van der Waals surface area contributed by atoms with Crippen LogP contribution < -0.4 is 16.0 Å². The van der Waals surface area contributed by atoms with E-state index >= 15 is 0 Å². The highest BCUT2D eigenvalue weighted by molar-refractivity contribution is 5.84. The topological polar surface area (TPSA) is 247 Å². The van der Waals surface area contributed by atoms with Crippen molar-refractivity contribution in [3.63, 3.8) is 0 Å². The van der Waals surface area contributed by atoms with E-state index in [0.29, 0.717) is 17.9 Å². The molecule has 0 spiro atoms. The fourth-order valence-electron chi connectivity index (χ4n) is 9.70. The van der Waals surface area contributed by atoms with Crippen molar-refractivity contribution < 1.29 is 57.8 Å². The van der Waals surface area contributed by atoms with Crippen LogP contribution in [0.4, 0.5) is 10.5 Å². The summed E-state index contributed by atoms with van der Waals surface area (Å²) < 4.78 is 38.0. The zero-order valence-corrected chi connectivity index (χ0v) is 42.2. The van der Waals surface area contributed by atoms with Gasteiger partial charge in [0.15, 0.2) is 17.7 Å². The van der Waals surface area contributed by atoms with Crippen LogP contribution in [0.1, 0.15) is 80.2 Å². The minimum atomic E-state index is -1.79. The van der Waals surface area contributed by atoms with Crippen LogP contribution >= 0.6 is 0 Å². The minimum Gasteiger partial charge on any atom is -0.458 e. The summed E-state index contributed by atoms with van der Waals surface area (Å²) in [5.41, 5.74) is 5.56. The average molecular weight is 976 g/mol. The Morgan fingerprint density at radius 1 is 1.01 bits per heavy atom. The smallest absolute Gasteiger partial charge is 0.408 e. The van der Waals surface area contributed by atoms with Crippen LogP contribution in [0.3, 0.4) is 0 Å². The van der Waals surface area contributed by atoms with Crippen LogP contribution in [0.25, 0.3) is 17.5 Å². The summed E-state index contributed by atoms with van der Waals surface area (Å²) in [6, 6.07) is 11.1. The molecule has 15 atom stereocenters. The Bertz CT molecular complexity index is 2190. The van der Waals surface area contributed by atoms with Gasteiger partial charge >= 0.3 is 12.1 Å². The van der Waals surface area contributed by atoms with E-state index in [9.17, 15) is 29.4 Å². The van der Waals surface area contributed by atoms with E-state index in [2.05, 4.69) is 20.3 Å². The number of aliphatic hydroxyl groups is 2. The fourth-order valence-corrected chi connectivity index (χ4v) is 9.70. The van der Waals surface area contributed by atoms with Crippen molar-refractivity contribution >= 4 is 36.1 Å². The number of nitrogens with two attached hydrogens (primary N) is 1. The van der Waals surface area contributed by atoms with Gasteiger partial charge in [-0.15, -0.1) is 0 Å². The Kier molecular flexibility index (Phi) is 19.5. The Labute approximate surface area is 411 Å². The monoisotopic (exact) mass is 976 g/mol. The summed E-state index contributed by atoms with van der Waals surface area (Å²) in [7, 11) is 5.24. The van der Waals surface area contributed by atoms with Gasteiger partial charge in [-0.25, -0.2) is 14.8 Å². The zero-order chi connectivity index (χ0) is 51.5. The third-order valence-electron chi connectivity index (χ3n) is 13.8. The summed E-state index contributed by atoms with van der Waals surface area (Å²) in [4.78, 5) is 71.7. The molecule has 2 aliphatic rings. The van der Waals surface area contributed by atoms with Gasteiger partial charge in [-0.1, -0.05) is 64.1 Å². The molecular formula is C51H73N7O12. The van der Waals surface area contributed by atoms with Crippen molar-refractivity contribution in [1.29, 1.82) is 0 Å². The van der Waals surface area contributed by atoms with Crippen molar-refractivity contribution in [2.45, 2.75) is 141 Å². The lowest BCUT2D eigenvalue weighted by atomic mass is 9.73. The number of likely N-dealkylation sites (N-methyl/N-ethyl adjacent to an activating group) is 1. The third kappa shape index (κ3) is 13.3. The van der Waals surface area contributed by atoms with Crippen LogP contribution in [0.5, 0.6) is 0 Å². The first-order chi connectivity index (χ1) is 33.1. The van der Waals surface area contributed by atoms with Crippen LogP contribution in [-0.4, -0.2) is 149 Å². The average Bonchev–Trinajstić information content (AvgIpc) is 3.34. The largest absolute Gasteiger partial charge is 0.458 e. The molecular weight excluding hydrogens is 903 g/mol. The van der Waals surface area contributed by atoms with Crippen LogP contribution in [0.15, 0.2) is 73.3 Å². The number of carbonyl (C=O) groups excluding carboxylic acids is 4. The summed E-state index contributed by atoms with van der Waals surface area (Å²) in [6.45, 7) is 13.5. The molecule has 0 aliphatic carbocycles. The number of hydrogen-bond donors (Lipinski definition) is 4. The van der Waals surface area contributed by atoms with E-state index in [0.717, 1.165) is 11.1 Å². The summed E-state index contributed by atoms with van der Waals surface area (Å²) >= 11 is 0. The second kappa shape index (κ2) is 24.6. The van der Waals surface area contributed by atoms with Crippen LogP contribution in [-0.2, 0) is 42.8 Å². The standard InChI is InChI=1S/C51H73N7O12/c1-12-39-51(8,65-29-59)43(52)32(4)40(60)30(2)27-50(7,70-48(63)56-23-13-16-35-18-20-36(21-19-35)45-54-24-15-25-55-45)44(69-47-41(61)38(57(9)10)26-31(3)66-47)33(5)42(34(6)46(62)67-39)68-49(64)58(11)37-17-14-22-53-28-37/h13-22,24-25,28-34,38-39,41-44,47,49,61,64H,12,23,26-27,52H2,1-11H3,(H,56,63)/b16-13+/t30-,31-,32+,33+,34-,38+,39-,41-,42+,43-,44-,47+,49?,50-,51-/m1/s1. The molecule has 5 rings (SSSR count). The Hall–Kier alpha value is -5.41. The highest BCUT2D eigenvalue weighted by Crippen LogP contribution is 2.41. The number of ketones is 1. The molecule has 3 aromatic rings. The van der Waals surface area contributed by atoms with Gasteiger partial charge in [0.2, 0.25) is 6.41 Å². The molecule has 0 radical (unpaired) electrons. The number of esters is 1. The molecule has 0 bridgehead atoms. The van der Waals surface area contributed by atoms with Crippen molar-refractivity contribution in [2.75, 3.05) is 32.6 Å². The quantitative estimate of drug-likeness (QED) is 0.0695. The number of anilines is 1. The van der Waals surface area contributed by atoms with Crippen molar-refractivity contribution in [3.05, 3.63) is 78.9 Å². The van der Waals surface area contributed by atoms with Gasteiger partial charge in [0.05, 0.1) is 36.1 Å². The number of cyclic esters (lactones) is 1. The lowest BCUT2D eigenvalue weighted by Gasteiger charge is -2.49. The van der Waals surface area contributed by atoms with E-state index in [4.69, 9.17) is 34.2 Å². The Morgan fingerprint density at radius 2 is 1.70 bits per heavy atom. The predicted octanol–water partition coefficient (Wildman–Crippen LogP) is 4.74. The molecule has 2 aliphatic heterocycles. The van der Waals surface area contributed by atoms with Crippen molar-refractivity contribution in [2.24, 2.45) is 29.4 Å². The molecule has 1 unspecified atom stereocenters. The number of benzene rings is 1. The van der Waals surface area contributed by atoms with Crippen LogP contribution in [0, 0.1) is 23.7 Å². The van der Waals surface area contributed by atoms with Gasteiger partial charge in [-0.3, -0.25) is 19.4 Å². The second-order valence-corrected chi connectivity index (χ2v) is 19.3. The molecule has 4 heterocycles. The SMILES string of the molecule is CC[C@H]1OC(=O)[C@H](C)[C@@H](OC(O)N(C)c2cccnc2)[C@H](C)[C@@H](O[C@@H]2O[C@H](C)C[C@H](N(C)C)[C@H]2O)[C@](C)(OC(=O)NC/C=C/c2ccc(-c3ncccn3)cc2)C[C@@H](C)C(=O)[C@H](C)[C@@H](N)[C@]1(C)OC=O. The van der Waals surface area contributed by atoms with Gasteiger partial charge in [-0.2, -0.15) is 0 Å². The molecule has 5 N–H and O–H groups in total. The summed E-state index contributed by atoms with van der Waals surface area (Å²) in [6.07, 6.45) is 1.14. The van der Waals surface area contributed by atoms with E-state index in [-0.39, 0.29) is 31.6 Å². The van der Waals surface area contributed by atoms with E-state index < -0.39 is 102 Å². The highest BCUT2D eigenvalue weighted by Gasteiger charge is 2.54. The maximum Gasteiger partial charge on any atom is 0.408 e. The number of hydrogen-bond acceptors (Lipinski definition) is 18. The molecule has 2 fully saturated rings. The Balaban J connectivity index is 1.60. The number of amides is 1. The van der Waals surface area contributed by atoms with Crippen molar-refractivity contribution in [3.8, 4) is 11.4 Å². The predicted molar refractivity (Wildman–Crippen MR) is 260 cm³/mol. The van der Waals surface area contributed by atoms with E-state index in [1.165, 1.54) is 18.0 Å². The lowest BCUT2D eigenvalue weighted by molar-refractivity contribution is -0.302. The van der Waals surface area contributed by atoms with Gasteiger partial charge in [0.1, 0.15) is 29.7 Å². The first-order valence-corrected chi connectivity index (χ1v) is 23.9. The number of pyridine rings is 1. The highest BCUT2D eigenvalue weighted by atomic mass is 16.7. The maximum atomic E-state index is 14.7. The number of aromatic nitrogens is 3. The second-order valence-electron chi connectivity index (χ2n) is 19.3. The van der Waals surface area contributed by atoms with E-state index in [1.54, 1.807) is 91.5 Å². The number of nitrogens with zero attached hydrogens (tertiary/aromatic N) is 5. The number of rotatable bonds is 15. The number of carbonyl (C=O) groups is 4. The minimum absolute atomic E-state index is 0.0295. The first-order valence-electron chi connectivity index (χ1n) is 23.9. The number of Topliss-reactive ketones (excluding diaryl/α,β-unsaturated/α-hetero) is 1. The third-order valence-corrected chi connectivity index (χ3v) is 13.8. The lowest BCUT2D eigenvalue weighted by Crippen LogP contribution is -2.63. The first kappa shape index (κ1) is 55.5. The van der Waals surface area contributed by atoms with Gasteiger partial charge in [0, 0.05) is 61.5 Å². The van der Waals surface area contributed by atoms with Gasteiger partial charge in [-0.05, 0) is 84.8 Å². The maximum absolute atomic E-state index is 14.7. The number of alkyl carbamates (subject to hydrolysis) is 1. The van der Waals surface area contributed by atoms with Gasteiger partial charge < -0.3 is 59.5 Å².